The van der Waals surface area contributed by atoms with Crippen LogP contribution in [-0.4, -0.2) is 58.7 Å². The molecule has 0 aliphatic carbocycles. The van der Waals surface area contributed by atoms with Gasteiger partial charge in [0, 0.05) is 32.5 Å². The Kier molecular flexibility index (Phi) is 4.31. The van der Waals surface area contributed by atoms with Crippen molar-refractivity contribution < 1.29 is 9.90 Å². The Morgan fingerprint density at radius 2 is 2.21 bits per heavy atom. The highest BCUT2D eigenvalue weighted by Gasteiger charge is 2.27. The van der Waals surface area contributed by atoms with Crippen LogP contribution in [0.25, 0.3) is 0 Å². The molecular formula is C13H20N4O2. The minimum Gasteiger partial charge on any atom is -0.391 e. The van der Waals surface area contributed by atoms with Crippen LogP contribution in [0.4, 0.5) is 5.95 Å². The van der Waals surface area contributed by atoms with Gasteiger partial charge in [0.2, 0.25) is 11.9 Å². The number of amides is 1. The maximum absolute atomic E-state index is 12.2. The van der Waals surface area contributed by atoms with Crippen LogP contribution in [0.3, 0.4) is 0 Å². The molecule has 1 aromatic rings. The topological polar surface area (TPSA) is 69.6 Å². The Bertz CT molecular complexity index is 426. The fourth-order valence-electron chi connectivity index (χ4n) is 2.14. The summed E-state index contributed by atoms with van der Waals surface area (Å²) in [5.41, 5.74) is 0. The summed E-state index contributed by atoms with van der Waals surface area (Å²) in [6, 6.07) is 1.74. The molecule has 6 nitrogen and oxygen atoms in total. The zero-order valence-electron chi connectivity index (χ0n) is 11.4. The van der Waals surface area contributed by atoms with Crippen molar-refractivity contribution in [3.05, 3.63) is 18.5 Å². The quantitative estimate of drug-likeness (QED) is 0.841. The average Bonchev–Trinajstić information content (AvgIpc) is 2.42. The van der Waals surface area contributed by atoms with Gasteiger partial charge in [0.25, 0.3) is 0 Å². The highest BCUT2D eigenvalue weighted by molar-refractivity contribution is 5.80. The Morgan fingerprint density at radius 1 is 1.53 bits per heavy atom. The van der Waals surface area contributed by atoms with Gasteiger partial charge in [-0.15, -0.1) is 0 Å². The molecule has 0 bridgehead atoms. The summed E-state index contributed by atoms with van der Waals surface area (Å²) in [7, 11) is 1.79. The van der Waals surface area contributed by atoms with Gasteiger partial charge in [0.1, 0.15) is 0 Å². The van der Waals surface area contributed by atoms with Crippen LogP contribution in [0.15, 0.2) is 18.5 Å². The third-order valence-corrected chi connectivity index (χ3v) is 3.54. The summed E-state index contributed by atoms with van der Waals surface area (Å²) >= 11 is 0. The Hall–Kier alpha value is -1.69. The monoisotopic (exact) mass is 264 g/mol. The fourth-order valence-corrected chi connectivity index (χ4v) is 2.14. The van der Waals surface area contributed by atoms with Gasteiger partial charge in [-0.3, -0.25) is 4.79 Å². The molecule has 2 heterocycles. The molecule has 1 aliphatic heterocycles. The molecule has 2 rings (SSSR count). The maximum atomic E-state index is 12.2. The minimum absolute atomic E-state index is 0.000836. The van der Waals surface area contributed by atoms with Crippen molar-refractivity contribution in [2.45, 2.75) is 19.4 Å². The first kappa shape index (κ1) is 13.7. The van der Waals surface area contributed by atoms with E-state index in [9.17, 15) is 9.90 Å². The molecule has 104 valence electrons. The Balaban J connectivity index is 1.91. The van der Waals surface area contributed by atoms with Gasteiger partial charge in [0.15, 0.2) is 0 Å². The molecule has 1 amide bonds. The Morgan fingerprint density at radius 3 is 2.84 bits per heavy atom. The predicted octanol–water partition coefficient (Wildman–Crippen LogP) is 0.142. The largest absolute Gasteiger partial charge is 0.391 e. The molecule has 1 fully saturated rings. The van der Waals surface area contributed by atoms with Crippen LogP contribution >= 0.6 is 0 Å². The number of carbonyl (C=O) groups is 1. The second kappa shape index (κ2) is 5.97. The molecule has 0 aromatic carbocycles. The average molecular weight is 264 g/mol. The number of likely N-dealkylation sites (N-methyl/N-ethyl adjacent to an activating group) is 1. The highest BCUT2D eigenvalue weighted by Crippen LogP contribution is 2.17. The molecule has 2 unspecified atom stereocenters. The summed E-state index contributed by atoms with van der Waals surface area (Å²) in [4.78, 5) is 23.8. The van der Waals surface area contributed by atoms with Gasteiger partial charge >= 0.3 is 0 Å². The summed E-state index contributed by atoms with van der Waals surface area (Å²) in [5.74, 6) is 0.793. The van der Waals surface area contributed by atoms with Crippen LogP contribution in [0.2, 0.25) is 0 Å². The first-order valence-corrected chi connectivity index (χ1v) is 6.52. The molecule has 1 N–H and O–H groups in total. The van der Waals surface area contributed by atoms with E-state index < -0.39 is 6.10 Å². The molecule has 0 spiro atoms. The number of rotatable bonds is 3. The van der Waals surface area contributed by atoms with E-state index in [-0.39, 0.29) is 18.4 Å². The van der Waals surface area contributed by atoms with Crippen LogP contribution in [-0.2, 0) is 4.79 Å². The summed E-state index contributed by atoms with van der Waals surface area (Å²) in [6.45, 7) is 3.37. The molecule has 2 atom stereocenters. The molecule has 1 aliphatic rings. The number of hydrogen-bond donors (Lipinski definition) is 1. The maximum Gasteiger partial charge on any atom is 0.242 e. The zero-order valence-corrected chi connectivity index (χ0v) is 11.4. The minimum atomic E-state index is -0.420. The van der Waals surface area contributed by atoms with Crippen molar-refractivity contribution >= 4 is 11.9 Å². The number of aliphatic hydroxyl groups excluding tert-OH is 1. The van der Waals surface area contributed by atoms with Crippen molar-refractivity contribution in [1.82, 2.24) is 14.9 Å². The van der Waals surface area contributed by atoms with Gasteiger partial charge < -0.3 is 14.9 Å². The van der Waals surface area contributed by atoms with Gasteiger partial charge in [-0.05, 0) is 18.4 Å². The second-order valence-corrected chi connectivity index (χ2v) is 5.08. The van der Waals surface area contributed by atoms with Crippen LogP contribution in [0.5, 0.6) is 0 Å². The van der Waals surface area contributed by atoms with Crippen molar-refractivity contribution in [3.8, 4) is 0 Å². The lowest BCUT2D eigenvalue weighted by molar-refractivity contribution is -0.133. The van der Waals surface area contributed by atoms with E-state index >= 15 is 0 Å². The number of nitrogens with zero attached hydrogens (tertiary/aromatic N) is 4. The summed E-state index contributed by atoms with van der Waals surface area (Å²) in [6.07, 6.45) is 3.72. The van der Waals surface area contributed by atoms with Crippen molar-refractivity contribution in [1.29, 1.82) is 0 Å². The lowest BCUT2D eigenvalue weighted by Crippen LogP contribution is -2.48. The molecule has 1 aromatic heterocycles. The third-order valence-electron chi connectivity index (χ3n) is 3.54. The number of aromatic nitrogens is 2. The molecule has 6 heteroatoms. The van der Waals surface area contributed by atoms with Crippen molar-refractivity contribution in [2.75, 3.05) is 31.6 Å². The predicted molar refractivity (Wildman–Crippen MR) is 71.7 cm³/mol. The number of hydrogen-bond acceptors (Lipinski definition) is 5. The molecule has 1 saturated heterocycles. The lowest BCUT2D eigenvalue weighted by Gasteiger charge is -2.35. The van der Waals surface area contributed by atoms with Crippen LogP contribution in [0.1, 0.15) is 13.3 Å². The van der Waals surface area contributed by atoms with Crippen molar-refractivity contribution in [2.24, 2.45) is 5.92 Å². The van der Waals surface area contributed by atoms with E-state index in [2.05, 4.69) is 9.97 Å². The van der Waals surface area contributed by atoms with Gasteiger partial charge in [-0.2, -0.15) is 0 Å². The lowest BCUT2D eigenvalue weighted by atomic mass is 9.96. The third kappa shape index (κ3) is 3.41. The van der Waals surface area contributed by atoms with E-state index in [1.54, 1.807) is 35.3 Å². The van der Waals surface area contributed by atoms with E-state index in [1.807, 2.05) is 6.92 Å². The van der Waals surface area contributed by atoms with Gasteiger partial charge in [0.05, 0.1) is 12.6 Å². The second-order valence-electron chi connectivity index (χ2n) is 5.08. The number of carbonyl (C=O) groups excluding carboxylic acids is 1. The molecule has 0 radical (unpaired) electrons. The van der Waals surface area contributed by atoms with E-state index in [0.717, 1.165) is 6.42 Å². The molecular weight excluding hydrogens is 244 g/mol. The summed E-state index contributed by atoms with van der Waals surface area (Å²) in [5, 5.41) is 9.82. The van der Waals surface area contributed by atoms with Gasteiger partial charge in [-0.1, -0.05) is 6.92 Å². The summed E-state index contributed by atoms with van der Waals surface area (Å²) < 4.78 is 0. The number of piperidine rings is 1. The number of β-amino-alcohol motifs (C(OH)–C–C–N with tert-alkyl or cyclic N) is 1. The van der Waals surface area contributed by atoms with Gasteiger partial charge in [-0.25, -0.2) is 9.97 Å². The molecule has 0 saturated carbocycles. The first-order valence-electron chi connectivity index (χ1n) is 6.52. The van der Waals surface area contributed by atoms with Crippen LogP contribution in [0, 0.1) is 5.92 Å². The van der Waals surface area contributed by atoms with Crippen molar-refractivity contribution in [3.63, 3.8) is 0 Å². The first-order chi connectivity index (χ1) is 9.08. The smallest absolute Gasteiger partial charge is 0.242 e. The standard InChI is InChI=1S/C13H20N4O2/c1-10-4-7-17(8-11(10)18)12(19)9-16(2)13-14-5-3-6-15-13/h3,5-6,10-11,18H,4,7-9H2,1-2H3. The molecule has 19 heavy (non-hydrogen) atoms. The zero-order chi connectivity index (χ0) is 13.8. The van der Waals surface area contributed by atoms with E-state index in [1.165, 1.54) is 0 Å². The van der Waals surface area contributed by atoms with E-state index in [0.29, 0.717) is 19.0 Å². The normalized spacial score (nSPS) is 23.2. The Labute approximate surface area is 113 Å². The van der Waals surface area contributed by atoms with E-state index in [4.69, 9.17) is 0 Å². The fraction of sp³-hybridized carbons (Fsp3) is 0.615. The number of likely N-dealkylation sites (tertiary alicyclic amines) is 1. The number of anilines is 1. The highest BCUT2D eigenvalue weighted by atomic mass is 16.3. The number of aliphatic hydroxyl groups is 1. The van der Waals surface area contributed by atoms with Crippen LogP contribution < -0.4 is 4.90 Å². The SMILES string of the molecule is CC1CCN(C(=O)CN(C)c2ncccn2)CC1O.